The van der Waals surface area contributed by atoms with E-state index in [0.717, 1.165) is 38.2 Å². The number of aryl methyl sites for hydroxylation is 1. The Kier molecular flexibility index (Phi) is 3.79. The second kappa shape index (κ2) is 5.14. The molecule has 17 heavy (non-hydrogen) atoms. The molecule has 5 heteroatoms. The highest BCUT2D eigenvalue weighted by Crippen LogP contribution is 2.28. The van der Waals surface area contributed by atoms with Gasteiger partial charge in [-0.3, -0.25) is 0 Å². The van der Waals surface area contributed by atoms with E-state index in [4.69, 9.17) is 4.74 Å². The Morgan fingerprint density at radius 3 is 3.00 bits per heavy atom. The van der Waals surface area contributed by atoms with Crippen LogP contribution in [0.1, 0.15) is 32.5 Å². The molecule has 1 aromatic rings. The summed E-state index contributed by atoms with van der Waals surface area (Å²) in [4.78, 5) is 0. The average Bonchev–Trinajstić information content (AvgIpc) is 2.80. The Hall–Kier alpha value is -0.940. The first kappa shape index (κ1) is 12.5. The lowest BCUT2D eigenvalue weighted by molar-refractivity contribution is -0.0140. The van der Waals surface area contributed by atoms with Gasteiger partial charge in [-0.2, -0.15) is 0 Å². The highest BCUT2D eigenvalue weighted by atomic mass is 16.5. The Morgan fingerprint density at radius 1 is 1.59 bits per heavy atom. The van der Waals surface area contributed by atoms with E-state index in [2.05, 4.69) is 29.4 Å². The molecule has 5 nitrogen and oxygen atoms in total. The number of nitrogens with zero attached hydrogens (tertiary/aromatic N) is 3. The van der Waals surface area contributed by atoms with Crippen LogP contribution in [0.3, 0.4) is 0 Å². The van der Waals surface area contributed by atoms with Crippen LogP contribution in [0.2, 0.25) is 0 Å². The molecule has 1 atom stereocenters. The molecule has 1 saturated heterocycles. The molecule has 0 radical (unpaired) electrons. The smallest absolute Gasteiger partial charge is 0.133 e. The van der Waals surface area contributed by atoms with Crippen LogP contribution in [0.25, 0.3) is 0 Å². The minimum atomic E-state index is 0.0654. The zero-order valence-electron chi connectivity index (χ0n) is 10.9. The van der Waals surface area contributed by atoms with Crippen molar-refractivity contribution in [3.63, 3.8) is 0 Å². The zero-order valence-corrected chi connectivity index (χ0v) is 10.9. The molecule has 0 aliphatic carbocycles. The minimum Gasteiger partial charge on any atom is -0.371 e. The predicted molar refractivity (Wildman–Crippen MR) is 65.8 cm³/mol. The fraction of sp³-hybridized carbons (Fsp3) is 0.833. The van der Waals surface area contributed by atoms with Crippen molar-refractivity contribution < 1.29 is 4.74 Å². The van der Waals surface area contributed by atoms with Gasteiger partial charge < -0.3 is 14.6 Å². The topological polar surface area (TPSA) is 52.0 Å². The Bertz CT molecular complexity index is 361. The molecule has 0 amide bonds. The molecule has 0 saturated carbocycles. The van der Waals surface area contributed by atoms with E-state index in [1.807, 2.05) is 11.6 Å². The van der Waals surface area contributed by atoms with Gasteiger partial charge in [-0.25, -0.2) is 0 Å². The highest BCUT2D eigenvalue weighted by Gasteiger charge is 2.30. The van der Waals surface area contributed by atoms with Crippen molar-refractivity contribution in [2.75, 3.05) is 13.1 Å². The van der Waals surface area contributed by atoms with E-state index in [1.54, 1.807) is 6.33 Å². The second-order valence-electron chi connectivity index (χ2n) is 5.35. The van der Waals surface area contributed by atoms with Crippen LogP contribution in [-0.2, 0) is 18.2 Å². The van der Waals surface area contributed by atoms with Gasteiger partial charge in [0.15, 0.2) is 0 Å². The monoisotopic (exact) mass is 238 g/mol. The number of hydrogen-bond donors (Lipinski definition) is 1. The van der Waals surface area contributed by atoms with Gasteiger partial charge in [-0.05, 0) is 26.7 Å². The standard InChI is InChI=1S/C12H22N4O/c1-12(2)6-4-10(17-12)8-13-7-5-11-15-14-9-16(11)3/h9-10,13H,4-8H2,1-3H3. The van der Waals surface area contributed by atoms with Crippen molar-refractivity contribution in [1.82, 2.24) is 20.1 Å². The van der Waals surface area contributed by atoms with Crippen molar-refractivity contribution >= 4 is 0 Å². The molecular formula is C12H22N4O. The molecule has 1 aliphatic rings. The average molecular weight is 238 g/mol. The maximum atomic E-state index is 5.91. The number of rotatable bonds is 5. The molecule has 1 aliphatic heterocycles. The first-order chi connectivity index (χ1) is 8.07. The second-order valence-corrected chi connectivity index (χ2v) is 5.35. The molecule has 2 rings (SSSR count). The third-order valence-corrected chi connectivity index (χ3v) is 3.26. The molecule has 1 aromatic heterocycles. The maximum absolute atomic E-state index is 5.91. The normalized spacial score (nSPS) is 23.1. The summed E-state index contributed by atoms with van der Waals surface area (Å²) in [7, 11) is 1.97. The Labute approximate surface area is 103 Å². The molecule has 1 unspecified atom stereocenters. The van der Waals surface area contributed by atoms with Gasteiger partial charge in [0.05, 0.1) is 11.7 Å². The van der Waals surface area contributed by atoms with Gasteiger partial charge in [-0.1, -0.05) is 0 Å². The summed E-state index contributed by atoms with van der Waals surface area (Å²) in [5.74, 6) is 1.02. The van der Waals surface area contributed by atoms with E-state index >= 15 is 0 Å². The molecular weight excluding hydrogens is 216 g/mol. The summed E-state index contributed by atoms with van der Waals surface area (Å²) in [6, 6.07) is 0. The highest BCUT2D eigenvalue weighted by molar-refractivity contribution is 4.86. The summed E-state index contributed by atoms with van der Waals surface area (Å²) in [5, 5.41) is 11.3. The summed E-state index contributed by atoms with van der Waals surface area (Å²) >= 11 is 0. The SMILES string of the molecule is Cn1cnnc1CCNCC1CCC(C)(C)O1. The summed E-state index contributed by atoms with van der Waals surface area (Å²) in [6.07, 6.45) is 5.32. The minimum absolute atomic E-state index is 0.0654. The first-order valence-corrected chi connectivity index (χ1v) is 6.28. The van der Waals surface area contributed by atoms with E-state index in [-0.39, 0.29) is 5.60 Å². The first-order valence-electron chi connectivity index (χ1n) is 6.28. The van der Waals surface area contributed by atoms with E-state index in [1.165, 1.54) is 0 Å². The van der Waals surface area contributed by atoms with Crippen LogP contribution in [0.5, 0.6) is 0 Å². The van der Waals surface area contributed by atoms with Crippen LogP contribution in [0.4, 0.5) is 0 Å². The van der Waals surface area contributed by atoms with E-state index < -0.39 is 0 Å². The molecule has 0 spiro atoms. The van der Waals surface area contributed by atoms with Crippen molar-refractivity contribution in [2.45, 2.75) is 44.8 Å². The van der Waals surface area contributed by atoms with Crippen molar-refractivity contribution in [2.24, 2.45) is 7.05 Å². The lowest BCUT2D eigenvalue weighted by atomic mass is 10.1. The number of ether oxygens (including phenoxy) is 1. The lowest BCUT2D eigenvalue weighted by Gasteiger charge is -2.19. The van der Waals surface area contributed by atoms with Crippen LogP contribution in [-0.4, -0.2) is 39.6 Å². The van der Waals surface area contributed by atoms with Gasteiger partial charge in [0.2, 0.25) is 0 Å². The van der Waals surface area contributed by atoms with Crippen molar-refractivity contribution in [3.05, 3.63) is 12.2 Å². The largest absolute Gasteiger partial charge is 0.371 e. The van der Waals surface area contributed by atoms with Crippen LogP contribution >= 0.6 is 0 Å². The molecule has 1 fully saturated rings. The van der Waals surface area contributed by atoms with Crippen molar-refractivity contribution in [3.8, 4) is 0 Å². The van der Waals surface area contributed by atoms with Gasteiger partial charge in [0, 0.05) is 26.6 Å². The fourth-order valence-corrected chi connectivity index (χ4v) is 2.22. The van der Waals surface area contributed by atoms with Crippen LogP contribution in [0.15, 0.2) is 6.33 Å². The van der Waals surface area contributed by atoms with Crippen LogP contribution < -0.4 is 5.32 Å². The van der Waals surface area contributed by atoms with Gasteiger partial charge in [0.1, 0.15) is 12.2 Å². The Balaban J connectivity index is 1.63. The molecule has 0 aromatic carbocycles. The van der Waals surface area contributed by atoms with Crippen LogP contribution in [0, 0.1) is 0 Å². The third-order valence-electron chi connectivity index (χ3n) is 3.26. The summed E-state index contributed by atoms with van der Waals surface area (Å²) < 4.78 is 7.87. The molecule has 0 bridgehead atoms. The maximum Gasteiger partial charge on any atom is 0.133 e. The van der Waals surface area contributed by atoms with Gasteiger partial charge in [-0.15, -0.1) is 10.2 Å². The fourth-order valence-electron chi connectivity index (χ4n) is 2.22. The summed E-state index contributed by atoms with van der Waals surface area (Å²) in [6.45, 7) is 6.17. The number of aromatic nitrogens is 3. The van der Waals surface area contributed by atoms with E-state index in [0.29, 0.717) is 6.10 Å². The third kappa shape index (κ3) is 3.51. The zero-order chi connectivity index (χ0) is 12.3. The predicted octanol–water partition coefficient (Wildman–Crippen LogP) is 0.905. The van der Waals surface area contributed by atoms with Gasteiger partial charge in [0.25, 0.3) is 0 Å². The molecule has 2 heterocycles. The van der Waals surface area contributed by atoms with Gasteiger partial charge >= 0.3 is 0 Å². The lowest BCUT2D eigenvalue weighted by Crippen LogP contribution is -2.30. The number of hydrogen-bond acceptors (Lipinski definition) is 4. The molecule has 1 N–H and O–H groups in total. The quantitative estimate of drug-likeness (QED) is 0.775. The summed E-state index contributed by atoms with van der Waals surface area (Å²) in [5.41, 5.74) is 0.0654. The Morgan fingerprint density at radius 2 is 2.41 bits per heavy atom. The molecule has 96 valence electrons. The van der Waals surface area contributed by atoms with Crippen molar-refractivity contribution in [1.29, 1.82) is 0 Å². The number of nitrogens with one attached hydrogen (secondary N) is 1. The van der Waals surface area contributed by atoms with E-state index in [9.17, 15) is 0 Å².